The zero-order valence-electron chi connectivity index (χ0n) is 10.9. The zero-order chi connectivity index (χ0) is 12.9. The van der Waals surface area contributed by atoms with E-state index in [0.717, 1.165) is 18.6 Å². The van der Waals surface area contributed by atoms with E-state index in [0.29, 0.717) is 6.61 Å². The molecule has 1 aromatic rings. The third kappa shape index (κ3) is 4.10. The summed E-state index contributed by atoms with van der Waals surface area (Å²) < 4.78 is 5.64. The van der Waals surface area contributed by atoms with Gasteiger partial charge in [-0.1, -0.05) is 32.9 Å². The van der Waals surface area contributed by atoms with Crippen LogP contribution in [0.3, 0.4) is 0 Å². The fourth-order valence-corrected chi connectivity index (χ4v) is 1.38. The lowest BCUT2D eigenvalue weighted by atomic mass is 9.88. The molecule has 17 heavy (non-hydrogen) atoms. The highest BCUT2D eigenvalue weighted by Gasteiger charge is 2.21. The Morgan fingerprint density at radius 2 is 1.88 bits per heavy atom. The second-order valence-electron chi connectivity index (χ2n) is 4.89. The topological polar surface area (TPSA) is 59.1 Å². The average molecular weight is 234 g/mol. The third-order valence-corrected chi connectivity index (χ3v) is 3.06. The van der Waals surface area contributed by atoms with Crippen LogP contribution in [0.4, 0.5) is 0 Å². The number of nitrogens with two attached hydrogens (primary N) is 1. The molecule has 94 valence electrons. The summed E-state index contributed by atoms with van der Waals surface area (Å²) in [5.74, 6) is 1.09. The van der Waals surface area contributed by atoms with Crippen LogP contribution in [0.25, 0.3) is 0 Å². The van der Waals surface area contributed by atoms with Crippen LogP contribution in [0.1, 0.15) is 32.8 Å². The van der Waals surface area contributed by atoms with Crippen LogP contribution in [0.15, 0.2) is 24.3 Å². The van der Waals surface area contributed by atoms with Crippen LogP contribution < -0.4 is 10.5 Å². The highest BCUT2D eigenvalue weighted by Crippen LogP contribution is 2.20. The summed E-state index contributed by atoms with van der Waals surface area (Å²) in [6.07, 6.45) is 1.79. The van der Waals surface area contributed by atoms with Crippen LogP contribution in [-0.2, 0) is 6.42 Å². The predicted molar refractivity (Wildman–Crippen MR) is 71.6 cm³/mol. The van der Waals surface area contributed by atoms with Gasteiger partial charge in [-0.25, -0.2) is 0 Å². The van der Waals surface area contributed by atoms with Gasteiger partial charge in [-0.2, -0.15) is 0 Å². The van der Waals surface area contributed by atoms with Gasteiger partial charge in [0.15, 0.2) is 0 Å². The lowest BCUT2D eigenvalue weighted by Crippen LogP contribution is -2.32. The molecule has 0 aromatic heterocycles. The first kappa shape index (κ1) is 13.6. The molecule has 1 aromatic carbocycles. The molecular weight excluding hydrogens is 212 g/mol. The summed E-state index contributed by atoms with van der Waals surface area (Å²) in [6, 6.07) is 8.12. The molecule has 0 bridgehead atoms. The van der Waals surface area contributed by atoms with E-state index in [9.17, 15) is 0 Å². The fraction of sp³-hybridized carbons (Fsp3) is 0.500. The lowest BCUT2D eigenvalue weighted by molar-refractivity contribution is 0.268. The van der Waals surface area contributed by atoms with E-state index >= 15 is 0 Å². The predicted octanol–water partition coefficient (Wildman–Crippen LogP) is 2.98. The second-order valence-corrected chi connectivity index (χ2v) is 4.89. The Hall–Kier alpha value is -1.51. The molecule has 1 rings (SSSR count). The summed E-state index contributed by atoms with van der Waals surface area (Å²) >= 11 is 0. The summed E-state index contributed by atoms with van der Waals surface area (Å²) in [4.78, 5) is 0. The average Bonchev–Trinajstić information content (AvgIpc) is 2.29. The van der Waals surface area contributed by atoms with E-state index in [4.69, 9.17) is 15.9 Å². The number of nitrogens with one attached hydrogen (secondary N) is 1. The molecule has 0 spiro atoms. The van der Waals surface area contributed by atoms with Crippen LogP contribution in [-0.4, -0.2) is 12.4 Å². The number of rotatable bonds is 6. The smallest absolute Gasteiger partial charge is 0.119 e. The molecule has 0 saturated carbocycles. The van der Waals surface area contributed by atoms with Gasteiger partial charge in [0, 0.05) is 5.41 Å². The zero-order valence-corrected chi connectivity index (χ0v) is 10.9. The summed E-state index contributed by atoms with van der Waals surface area (Å²) in [5.41, 5.74) is 6.53. The Morgan fingerprint density at radius 1 is 1.29 bits per heavy atom. The highest BCUT2D eigenvalue weighted by atomic mass is 16.5. The Morgan fingerprint density at radius 3 is 2.35 bits per heavy atom. The maximum Gasteiger partial charge on any atom is 0.119 e. The normalized spacial score (nSPS) is 11.2. The number of ether oxygens (including phenoxy) is 1. The highest BCUT2D eigenvalue weighted by molar-refractivity contribution is 5.82. The molecule has 0 unspecified atom stereocenters. The van der Waals surface area contributed by atoms with Gasteiger partial charge in [-0.3, -0.25) is 5.41 Å². The van der Waals surface area contributed by atoms with Gasteiger partial charge in [0.1, 0.15) is 5.75 Å². The Labute approximate surface area is 103 Å². The van der Waals surface area contributed by atoms with Crippen molar-refractivity contribution in [1.82, 2.24) is 0 Å². The number of amidine groups is 1. The first-order chi connectivity index (χ1) is 7.95. The van der Waals surface area contributed by atoms with Crippen molar-refractivity contribution in [1.29, 1.82) is 5.41 Å². The van der Waals surface area contributed by atoms with Crippen molar-refractivity contribution in [2.45, 2.75) is 33.6 Å². The van der Waals surface area contributed by atoms with E-state index in [1.807, 2.05) is 26.0 Å². The van der Waals surface area contributed by atoms with E-state index in [1.54, 1.807) is 0 Å². The van der Waals surface area contributed by atoms with Crippen LogP contribution in [0.2, 0.25) is 0 Å². The first-order valence-electron chi connectivity index (χ1n) is 6.02. The maximum absolute atomic E-state index is 7.46. The maximum atomic E-state index is 7.46. The number of aryl methyl sites for hydroxylation is 1. The van der Waals surface area contributed by atoms with Crippen molar-refractivity contribution in [3.63, 3.8) is 0 Å². The molecule has 0 saturated heterocycles. The molecule has 0 heterocycles. The van der Waals surface area contributed by atoms with E-state index < -0.39 is 0 Å². The first-order valence-corrected chi connectivity index (χ1v) is 6.02. The van der Waals surface area contributed by atoms with Gasteiger partial charge < -0.3 is 10.5 Å². The van der Waals surface area contributed by atoms with E-state index in [1.165, 1.54) is 5.56 Å². The Kier molecular flexibility index (Phi) is 4.55. The third-order valence-electron chi connectivity index (χ3n) is 3.06. The van der Waals surface area contributed by atoms with Crippen molar-refractivity contribution in [3.8, 4) is 5.75 Å². The Bertz CT molecular complexity index is 368. The SMILES string of the molecule is CCc1ccc(OCCC(C)(C)C(=N)N)cc1. The van der Waals surface area contributed by atoms with Gasteiger partial charge >= 0.3 is 0 Å². The molecule has 3 N–H and O–H groups in total. The van der Waals surface area contributed by atoms with Gasteiger partial charge in [-0.15, -0.1) is 0 Å². The standard InChI is InChI=1S/C14H22N2O/c1-4-11-5-7-12(8-6-11)17-10-9-14(2,3)13(15)16/h5-8H,4,9-10H2,1-3H3,(H3,15,16). The van der Waals surface area contributed by atoms with Crippen molar-refractivity contribution in [3.05, 3.63) is 29.8 Å². The monoisotopic (exact) mass is 234 g/mol. The summed E-state index contributed by atoms with van der Waals surface area (Å²) in [5, 5.41) is 7.46. The molecule has 0 aliphatic heterocycles. The molecule has 0 aliphatic rings. The van der Waals surface area contributed by atoms with E-state index in [-0.39, 0.29) is 11.3 Å². The largest absolute Gasteiger partial charge is 0.494 e. The molecule has 0 radical (unpaired) electrons. The van der Waals surface area contributed by atoms with Gasteiger partial charge in [0.05, 0.1) is 12.4 Å². The van der Waals surface area contributed by atoms with Gasteiger partial charge in [0.2, 0.25) is 0 Å². The summed E-state index contributed by atoms with van der Waals surface area (Å²) in [6.45, 7) is 6.63. The molecule has 0 aliphatic carbocycles. The van der Waals surface area contributed by atoms with Crippen molar-refractivity contribution in [2.24, 2.45) is 11.1 Å². The fourth-order valence-electron chi connectivity index (χ4n) is 1.38. The number of benzene rings is 1. The minimum Gasteiger partial charge on any atom is -0.494 e. The number of hydrogen-bond donors (Lipinski definition) is 2. The molecule has 3 nitrogen and oxygen atoms in total. The van der Waals surface area contributed by atoms with Crippen LogP contribution in [0, 0.1) is 10.8 Å². The van der Waals surface area contributed by atoms with Gasteiger partial charge in [-0.05, 0) is 30.5 Å². The molecule has 0 fully saturated rings. The molecular formula is C14H22N2O. The Balaban J connectivity index is 2.43. The minimum absolute atomic E-state index is 0.211. The van der Waals surface area contributed by atoms with Crippen molar-refractivity contribution in [2.75, 3.05) is 6.61 Å². The van der Waals surface area contributed by atoms with Crippen molar-refractivity contribution < 1.29 is 4.74 Å². The summed E-state index contributed by atoms with van der Waals surface area (Å²) in [7, 11) is 0. The molecule has 3 heteroatoms. The molecule has 0 atom stereocenters. The van der Waals surface area contributed by atoms with Crippen LogP contribution >= 0.6 is 0 Å². The number of hydrogen-bond acceptors (Lipinski definition) is 2. The van der Waals surface area contributed by atoms with Crippen LogP contribution in [0.5, 0.6) is 5.75 Å². The molecule has 0 amide bonds. The minimum atomic E-state index is -0.288. The van der Waals surface area contributed by atoms with E-state index in [2.05, 4.69) is 19.1 Å². The lowest BCUT2D eigenvalue weighted by Gasteiger charge is -2.22. The quantitative estimate of drug-likeness (QED) is 0.587. The second kappa shape index (κ2) is 5.71. The van der Waals surface area contributed by atoms with Crippen molar-refractivity contribution >= 4 is 5.84 Å². The van der Waals surface area contributed by atoms with Gasteiger partial charge in [0.25, 0.3) is 0 Å².